The molecule has 18 heavy (non-hydrogen) atoms. The molecule has 2 rings (SSSR count). The van der Waals surface area contributed by atoms with Crippen LogP contribution in [0.25, 0.3) is 10.8 Å². The summed E-state index contributed by atoms with van der Waals surface area (Å²) in [5.74, 6) is 0.910. The Morgan fingerprint density at radius 1 is 1.11 bits per heavy atom. The highest BCUT2D eigenvalue weighted by molar-refractivity contribution is 5.91. The molecule has 0 saturated carbocycles. The number of halogens is 1. The first-order chi connectivity index (χ1) is 8.27. The van der Waals surface area contributed by atoms with E-state index < -0.39 is 0 Å². The van der Waals surface area contributed by atoms with E-state index in [0.717, 1.165) is 24.0 Å². The maximum Gasteiger partial charge on any atom is 0.126 e. The van der Waals surface area contributed by atoms with Gasteiger partial charge in [-0.05, 0) is 23.4 Å². The van der Waals surface area contributed by atoms with E-state index in [1.807, 2.05) is 18.2 Å². The predicted molar refractivity (Wildman–Crippen MR) is 79.6 cm³/mol. The molecule has 0 amide bonds. The number of ether oxygens (including phenoxy) is 1. The molecule has 0 aliphatic carbocycles. The predicted octanol–water partition coefficient (Wildman–Crippen LogP) is 4.07. The van der Waals surface area contributed by atoms with Crippen molar-refractivity contribution in [3.8, 4) is 5.75 Å². The van der Waals surface area contributed by atoms with Crippen molar-refractivity contribution in [2.45, 2.75) is 25.8 Å². The number of hydrogen-bond donors (Lipinski definition) is 1. The molecule has 2 aromatic carbocycles. The third-order valence-electron chi connectivity index (χ3n) is 3.14. The monoisotopic (exact) mass is 265 g/mol. The quantitative estimate of drug-likeness (QED) is 0.904. The van der Waals surface area contributed by atoms with Gasteiger partial charge < -0.3 is 10.5 Å². The average Bonchev–Trinajstić information content (AvgIpc) is 2.37. The SMILES string of the molecule is CCC[C@@H](N)c1ccc(OC)c2ccccc12.Cl. The maximum absolute atomic E-state index is 6.22. The summed E-state index contributed by atoms with van der Waals surface area (Å²) < 4.78 is 5.38. The zero-order valence-electron chi connectivity index (χ0n) is 10.8. The molecule has 2 nitrogen and oxygen atoms in total. The molecule has 0 heterocycles. The number of nitrogens with two attached hydrogens (primary N) is 1. The molecule has 98 valence electrons. The number of hydrogen-bond acceptors (Lipinski definition) is 2. The van der Waals surface area contributed by atoms with Gasteiger partial charge >= 0.3 is 0 Å². The smallest absolute Gasteiger partial charge is 0.126 e. The van der Waals surface area contributed by atoms with Crippen molar-refractivity contribution in [3.63, 3.8) is 0 Å². The molecule has 0 aliphatic rings. The van der Waals surface area contributed by atoms with Crippen LogP contribution in [0.4, 0.5) is 0 Å². The fourth-order valence-corrected chi connectivity index (χ4v) is 2.26. The number of fused-ring (bicyclic) bond motifs is 1. The van der Waals surface area contributed by atoms with Crippen molar-refractivity contribution in [3.05, 3.63) is 42.0 Å². The van der Waals surface area contributed by atoms with Gasteiger partial charge in [-0.15, -0.1) is 12.4 Å². The van der Waals surface area contributed by atoms with Crippen molar-refractivity contribution in [1.82, 2.24) is 0 Å². The van der Waals surface area contributed by atoms with Gasteiger partial charge in [0.1, 0.15) is 5.75 Å². The number of rotatable bonds is 4. The van der Waals surface area contributed by atoms with Gasteiger partial charge in [0.05, 0.1) is 7.11 Å². The molecule has 0 bridgehead atoms. The molecule has 0 radical (unpaired) electrons. The van der Waals surface area contributed by atoms with Gasteiger partial charge in [0.25, 0.3) is 0 Å². The van der Waals surface area contributed by atoms with Gasteiger partial charge in [0.2, 0.25) is 0 Å². The van der Waals surface area contributed by atoms with Gasteiger partial charge in [0.15, 0.2) is 0 Å². The second-order valence-corrected chi connectivity index (χ2v) is 4.30. The van der Waals surface area contributed by atoms with Crippen LogP contribution in [0.3, 0.4) is 0 Å². The number of benzene rings is 2. The van der Waals surface area contributed by atoms with Crippen LogP contribution >= 0.6 is 12.4 Å². The Balaban J connectivity index is 0.00000162. The summed E-state index contributed by atoms with van der Waals surface area (Å²) >= 11 is 0. The molecule has 0 aliphatic heterocycles. The van der Waals surface area contributed by atoms with Crippen molar-refractivity contribution in [2.24, 2.45) is 5.73 Å². The Morgan fingerprint density at radius 2 is 1.78 bits per heavy atom. The van der Waals surface area contributed by atoms with Gasteiger partial charge in [-0.3, -0.25) is 0 Å². The first-order valence-corrected chi connectivity index (χ1v) is 6.09. The molecule has 2 N–H and O–H groups in total. The van der Waals surface area contributed by atoms with Crippen LogP contribution in [-0.4, -0.2) is 7.11 Å². The largest absolute Gasteiger partial charge is 0.496 e. The summed E-state index contributed by atoms with van der Waals surface area (Å²) in [6.07, 6.45) is 2.11. The lowest BCUT2D eigenvalue weighted by Gasteiger charge is -2.15. The topological polar surface area (TPSA) is 35.2 Å². The third kappa shape index (κ3) is 2.77. The lowest BCUT2D eigenvalue weighted by atomic mass is 9.96. The molecule has 0 fully saturated rings. The Labute approximate surface area is 115 Å². The minimum atomic E-state index is 0. The van der Waals surface area contributed by atoms with Gasteiger partial charge in [-0.25, -0.2) is 0 Å². The summed E-state index contributed by atoms with van der Waals surface area (Å²) in [5.41, 5.74) is 7.43. The number of methoxy groups -OCH3 is 1. The van der Waals surface area contributed by atoms with E-state index in [1.165, 1.54) is 10.9 Å². The van der Waals surface area contributed by atoms with E-state index in [-0.39, 0.29) is 18.4 Å². The van der Waals surface area contributed by atoms with Crippen molar-refractivity contribution in [2.75, 3.05) is 7.11 Å². The van der Waals surface area contributed by atoms with Crippen LogP contribution in [0, 0.1) is 0 Å². The van der Waals surface area contributed by atoms with Crippen LogP contribution in [0.15, 0.2) is 36.4 Å². The third-order valence-corrected chi connectivity index (χ3v) is 3.14. The fraction of sp³-hybridized carbons (Fsp3) is 0.333. The Morgan fingerprint density at radius 3 is 2.39 bits per heavy atom. The summed E-state index contributed by atoms with van der Waals surface area (Å²) in [7, 11) is 1.70. The molecule has 3 heteroatoms. The minimum Gasteiger partial charge on any atom is -0.496 e. The van der Waals surface area contributed by atoms with E-state index in [4.69, 9.17) is 10.5 Å². The van der Waals surface area contributed by atoms with E-state index in [9.17, 15) is 0 Å². The van der Waals surface area contributed by atoms with E-state index in [1.54, 1.807) is 7.11 Å². The zero-order chi connectivity index (χ0) is 12.3. The first kappa shape index (κ1) is 14.8. The molecule has 2 aromatic rings. The van der Waals surface area contributed by atoms with Gasteiger partial charge in [0, 0.05) is 11.4 Å². The van der Waals surface area contributed by atoms with E-state index in [0.29, 0.717) is 0 Å². The molecular weight excluding hydrogens is 246 g/mol. The fourth-order valence-electron chi connectivity index (χ4n) is 2.26. The average molecular weight is 266 g/mol. The lowest BCUT2D eigenvalue weighted by Crippen LogP contribution is -2.10. The van der Waals surface area contributed by atoms with Crippen LogP contribution in [0.2, 0.25) is 0 Å². The molecular formula is C15H20ClNO. The second-order valence-electron chi connectivity index (χ2n) is 4.30. The van der Waals surface area contributed by atoms with Crippen LogP contribution in [0.5, 0.6) is 5.75 Å². The lowest BCUT2D eigenvalue weighted by molar-refractivity contribution is 0.419. The first-order valence-electron chi connectivity index (χ1n) is 6.09. The maximum atomic E-state index is 6.22. The Hall–Kier alpha value is -1.25. The van der Waals surface area contributed by atoms with Crippen molar-refractivity contribution < 1.29 is 4.74 Å². The van der Waals surface area contributed by atoms with Crippen molar-refractivity contribution in [1.29, 1.82) is 0 Å². The molecule has 0 saturated heterocycles. The van der Waals surface area contributed by atoms with Crippen LogP contribution < -0.4 is 10.5 Å². The van der Waals surface area contributed by atoms with Crippen LogP contribution in [-0.2, 0) is 0 Å². The summed E-state index contributed by atoms with van der Waals surface area (Å²) in [4.78, 5) is 0. The second kappa shape index (κ2) is 6.62. The molecule has 0 unspecified atom stereocenters. The summed E-state index contributed by atoms with van der Waals surface area (Å²) in [5, 5.41) is 2.34. The standard InChI is InChI=1S/C15H19NO.ClH/c1-3-6-14(16)12-9-10-15(17-2)13-8-5-4-7-11(12)13;/h4-5,7-10,14H,3,6,16H2,1-2H3;1H/t14-;/m1./s1. The summed E-state index contributed by atoms with van der Waals surface area (Å²) in [6, 6.07) is 12.5. The highest BCUT2D eigenvalue weighted by Crippen LogP contribution is 2.31. The molecule has 0 spiro atoms. The van der Waals surface area contributed by atoms with Gasteiger partial charge in [-0.1, -0.05) is 43.7 Å². The molecule has 0 aromatic heterocycles. The van der Waals surface area contributed by atoms with Crippen LogP contribution in [0.1, 0.15) is 31.4 Å². The highest BCUT2D eigenvalue weighted by atomic mass is 35.5. The summed E-state index contributed by atoms with van der Waals surface area (Å²) in [6.45, 7) is 2.16. The van der Waals surface area contributed by atoms with E-state index in [2.05, 4.69) is 25.1 Å². The highest BCUT2D eigenvalue weighted by Gasteiger charge is 2.11. The Bertz CT molecular complexity index is 513. The van der Waals surface area contributed by atoms with Gasteiger partial charge in [-0.2, -0.15) is 0 Å². The van der Waals surface area contributed by atoms with E-state index >= 15 is 0 Å². The minimum absolute atomic E-state index is 0. The normalized spacial score (nSPS) is 11.9. The molecule has 1 atom stereocenters. The zero-order valence-corrected chi connectivity index (χ0v) is 11.7. The Kier molecular flexibility index (Phi) is 5.45. The van der Waals surface area contributed by atoms with Crippen molar-refractivity contribution >= 4 is 23.2 Å².